The minimum absolute atomic E-state index is 0.0926. The summed E-state index contributed by atoms with van der Waals surface area (Å²) >= 11 is 0. The molecule has 182 valence electrons. The summed E-state index contributed by atoms with van der Waals surface area (Å²) in [5.41, 5.74) is 5.15. The Balaban J connectivity index is 0.000000431. The lowest BCUT2D eigenvalue weighted by atomic mass is 9.96. The summed E-state index contributed by atoms with van der Waals surface area (Å²) < 4.78 is 15.4. The van der Waals surface area contributed by atoms with Crippen molar-refractivity contribution in [3.8, 4) is 28.4 Å². The Bertz CT molecular complexity index is 1400. The quantitative estimate of drug-likeness (QED) is 0.354. The summed E-state index contributed by atoms with van der Waals surface area (Å²) in [6, 6.07) is 8.61. The lowest BCUT2D eigenvalue weighted by Crippen LogP contribution is -2.17. The number of carbonyl (C=O) groups is 1. The van der Waals surface area contributed by atoms with E-state index in [1.165, 1.54) is 17.4 Å². The van der Waals surface area contributed by atoms with Gasteiger partial charge in [0.05, 0.1) is 11.9 Å². The highest BCUT2D eigenvalue weighted by atomic mass is 19.1. The molecule has 0 fully saturated rings. The summed E-state index contributed by atoms with van der Waals surface area (Å²) in [7, 11) is 3.45. The zero-order valence-electron chi connectivity index (χ0n) is 20.2. The van der Waals surface area contributed by atoms with Crippen molar-refractivity contribution in [3.63, 3.8) is 0 Å². The van der Waals surface area contributed by atoms with Crippen LogP contribution in [0.1, 0.15) is 25.1 Å². The number of hydrogen-bond acceptors (Lipinski definition) is 5. The fourth-order valence-electron chi connectivity index (χ4n) is 3.86. The van der Waals surface area contributed by atoms with Crippen LogP contribution in [0.4, 0.5) is 4.39 Å². The van der Waals surface area contributed by atoms with E-state index in [1.54, 1.807) is 44.6 Å². The number of hydrogen-bond donors (Lipinski definition) is 4. The van der Waals surface area contributed by atoms with E-state index in [1.807, 2.05) is 13.0 Å². The minimum Gasteiger partial charge on any atom is -0.508 e. The van der Waals surface area contributed by atoms with E-state index in [4.69, 9.17) is 0 Å². The molecule has 3 heterocycles. The molecule has 8 nitrogen and oxygen atoms in total. The second-order valence-electron chi connectivity index (χ2n) is 8.54. The number of nitrogens with one attached hydrogen (secondary N) is 3. The third-order valence-electron chi connectivity index (χ3n) is 6.02. The van der Waals surface area contributed by atoms with Gasteiger partial charge in [-0.2, -0.15) is 5.10 Å². The number of halogens is 1. The van der Waals surface area contributed by atoms with Gasteiger partial charge >= 0.3 is 0 Å². The van der Waals surface area contributed by atoms with Gasteiger partial charge in [-0.25, -0.2) is 9.37 Å². The smallest absolute Gasteiger partial charge is 0.218 e. The van der Waals surface area contributed by atoms with Gasteiger partial charge in [-0.05, 0) is 41.3 Å². The fraction of sp³-hybridized carbons (Fsp3) is 0.269. The molecule has 0 bridgehead atoms. The number of benzene rings is 2. The van der Waals surface area contributed by atoms with E-state index in [0.29, 0.717) is 28.9 Å². The Kier molecular flexibility index (Phi) is 6.97. The first-order valence-electron chi connectivity index (χ1n) is 11.4. The number of fused-ring (bicyclic) bond motifs is 1. The van der Waals surface area contributed by atoms with E-state index in [9.17, 15) is 9.90 Å². The van der Waals surface area contributed by atoms with E-state index in [2.05, 4.69) is 31.6 Å². The first-order chi connectivity index (χ1) is 16.8. The van der Waals surface area contributed by atoms with Gasteiger partial charge in [0.2, 0.25) is 5.91 Å². The number of nitrogens with zero attached hydrogens (tertiary/aromatic N) is 3. The number of aromatic hydroxyl groups is 1. The predicted octanol–water partition coefficient (Wildman–Crippen LogP) is 4.11. The molecule has 0 radical (unpaired) electrons. The minimum atomic E-state index is -0.389. The second kappa shape index (κ2) is 10.1. The molecule has 9 heteroatoms. The highest BCUT2D eigenvalue weighted by Crippen LogP contribution is 2.35. The Hall–Kier alpha value is -3.98. The van der Waals surface area contributed by atoms with Gasteiger partial charge in [-0.15, -0.1) is 0 Å². The zero-order chi connectivity index (χ0) is 25.1. The van der Waals surface area contributed by atoms with Crippen molar-refractivity contribution in [1.82, 2.24) is 30.4 Å². The maximum atomic E-state index is 15.4. The maximum Gasteiger partial charge on any atom is 0.218 e. The molecule has 1 amide bonds. The van der Waals surface area contributed by atoms with Crippen LogP contribution >= 0.6 is 0 Å². The number of imidazole rings is 1. The van der Waals surface area contributed by atoms with Gasteiger partial charge in [-0.1, -0.05) is 25.1 Å². The summed E-state index contributed by atoms with van der Waals surface area (Å²) in [6.07, 6.45) is 4.60. The largest absolute Gasteiger partial charge is 0.508 e. The summed E-state index contributed by atoms with van der Waals surface area (Å²) in [4.78, 5) is 19.4. The molecule has 2 aromatic heterocycles. The monoisotopic (exact) mass is 476 g/mol. The topological polar surface area (TPSA) is 110 Å². The first-order valence-corrected chi connectivity index (χ1v) is 11.4. The Labute approximate surface area is 202 Å². The predicted molar refractivity (Wildman–Crippen MR) is 135 cm³/mol. The average Bonchev–Trinajstić information content (AvgIpc) is 3.60. The summed E-state index contributed by atoms with van der Waals surface area (Å²) in [6.45, 7) is 5.16. The SMILES string of the molecule is CC(=O)N(C)C.CCc1cc(O)ccc1-c1ccc2c(-c3ncc(C4=CCNC4)[nH]3)[nH]nc2c1F. The van der Waals surface area contributed by atoms with Crippen LogP contribution in [0.5, 0.6) is 5.75 Å². The molecule has 1 aliphatic heterocycles. The fourth-order valence-corrected chi connectivity index (χ4v) is 3.86. The van der Waals surface area contributed by atoms with Crippen molar-refractivity contribution >= 4 is 22.4 Å². The van der Waals surface area contributed by atoms with Crippen LogP contribution in [0.2, 0.25) is 0 Å². The van der Waals surface area contributed by atoms with Crippen molar-refractivity contribution in [2.75, 3.05) is 27.2 Å². The van der Waals surface area contributed by atoms with Crippen LogP contribution in [0, 0.1) is 5.82 Å². The number of aromatic nitrogens is 4. The zero-order valence-corrected chi connectivity index (χ0v) is 20.2. The number of H-pyrrole nitrogens is 2. The van der Waals surface area contributed by atoms with Gasteiger partial charge in [0.1, 0.15) is 17.0 Å². The highest BCUT2D eigenvalue weighted by Gasteiger charge is 2.19. The Morgan fingerprint density at radius 3 is 2.60 bits per heavy atom. The maximum absolute atomic E-state index is 15.4. The number of aryl methyl sites for hydroxylation is 1. The van der Waals surface area contributed by atoms with Crippen molar-refractivity contribution in [2.45, 2.75) is 20.3 Å². The lowest BCUT2D eigenvalue weighted by Gasteiger charge is -2.10. The number of phenolic OH excluding ortho intramolecular Hbond substituents is 1. The number of phenols is 1. The molecule has 0 saturated heterocycles. The van der Waals surface area contributed by atoms with E-state index >= 15 is 4.39 Å². The number of rotatable bonds is 4. The first kappa shape index (κ1) is 24.2. The van der Waals surface area contributed by atoms with Gasteiger partial charge in [-0.3, -0.25) is 9.89 Å². The molecular weight excluding hydrogens is 447 g/mol. The van der Waals surface area contributed by atoms with Gasteiger partial charge < -0.3 is 20.3 Å². The molecule has 0 spiro atoms. The summed E-state index contributed by atoms with van der Waals surface area (Å²) in [5, 5.41) is 20.8. The third kappa shape index (κ3) is 4.95. The molecule has 2 aromatic carbocycles. The Morgan fingerprint density at radius 1 is 1.20 bits per heavy atom. The molecule has 0 aliphatic carbocycles. The standard InChI is InChI=1S/C22H20FN5O.C4H9NO/c1-2-12-9-14(29)3-4-15(12)16-5-6-17-20(19(16)23)27-28-21(17)22-25-11-18(26-22)13-7-8-24-10-13;1-4(6)5(2)3/h3-7,9,11,24,29H,2,8,10H2,1H3,(H,25,26)(H,27,28);1-3H3. The van der Waals surface area contributed by atoms with Crippen molar-refractivity contribution in [2.24, 2.45) is 0 Å². The van der Waals surface area contributed by atoms with Crippen LogP contribution in [0.25, 0.3) is 39.1 Å². The Morgan fingerprint density at radius 2 is 1.94 bits per heavy atom. The average molecular weight is 477 g/mol. The van der Waals surface area contributed by atoms with Crippen LogP contribution in [-0.4, -0.2) is 63.3 Å². The van der Waals surface area contributed by atoms with Gasteiger partial charge in [0, 0.05) is 45.1 Å². The molecule has 1 aliphatic rings. The molecule has 5 rings (SSSR count). The molecule has 0 saturated carbocycles. The highest BCUT2D eigenvalue weighted by molar-refractivity contribution is 5.95. The van der Waals surface area contributed by atoms with Crippen molar-refractivity contribution in [1.29, 1.82) is 0 Å². The number of amides is 1. The molecule has 0 atom stereocenters. The van der Waals surface area contributed by atoms with Crippen LogP contribution < -0.4 is 5.32 Å². The summed E-state index contributed by atoms with van der Waals surface area (Å²) in [5.74, 6) is 0.506. The van der Waals surface area contributed by atoms with E-state index in [-0.39, 0.29) is 23.0 Å². The third-order valence-corrected chi connectivity index (χ3v) is 6.02. The number of carbonyl (C=O) groups excluding carboxylic acids is 1. The number of aromatic amines is 2. The van der Waals surface area contributed by atoms with Crippen LogP contribution in [0.3, 0.4) is 0 Å². The molecule has 35 heavy (non-hydrogen) atoms. The molecule has 4 aromatic rings. The molecular formula is C26H29FN6O2. The van der Waals surface area contributed by atoms with Crippen LogP contribution in [-0.2, 0) is 11.2 Å². The normalized spacial score (nSPS) is 12.9. The van der Waals surface area contributed by atoms with Crippen LogP contribution in [0.15, 0.2) is 42.6 Å². The second-order valence-corrected chi connectivity index (χ2v) is 8.54. The lowest BCUT2D eigenvalue weighted by molar-refractivity contribution is -0.126. The molecule has 0 unspecified atom stereocenters. The van der Waals surface area contributed by atoms with Crippen molar-refractivity contribution < 1.29 is 14.3 Å². The van der Waals surface area contributed by atoms with Crippen molar-refractivity contribution in [3.05, 3.63) is 59.7 Å². The van der Waals surface area contributed by atoms with E-state index < -0.39 is 0 Å². The van der Waals surface area contributed by atoms with Gasteiger partial charge in [0.15, 0.2) is 11.6 Å². The van der Waals surface area contributed by atoms with E-state index in [0.717, 1.165) is 29.9 Å². The molecule has 4 N–H and O–H groups in total. The van der Waals surface area contributed by atoms with Gasteiger partial charge in [0.25, 0.3) is 0 Å².